The van der Waals surface area contributed by atoms with E-state index < -0.39 is 0 Å². The highest BCUT2D eigenvalue weighted by molar-refractivity contribution is 8.00. The fourth-order valence-electron chi connectivity index (χ4n) is 3.02. The number of nitrogens with two attached hydrogens (primary N) is 1. The molecule has 0 radical (unpaired) electrons. The molecule has 1 atom stereocenters. The van der Waals surface area contributed by atoms with Gasteiger partial charge >= 0.3 is 0 Å². The Morgan fingerprint density at radius 1 is 1.32 bits per heavy atom. The molecule has 3 rings (SSSR count). The molecule has 9 heteroatoms. The molecule has 2 aromatic rings. The molecular formula is C16H25N7OS. The lowest BCUT2D eigenvalue weighted by Gasteiger charge is -2.31. The third-order valence-electron chi connectivity index (χ3n) is 4.57. The molecule has 1 fully saturated rings. The minimum absolute atomic E-state index is 0.132. The Bertz CT molecular complexity index is 761. The van der Waals surface area contributed by atoms with E-state index in [0.29, 0.717) is 17.0 Å². The molecule has 0 aromatic carbocycles. The highest BCUT2D eigenvalue weighted by Gasteiger charge is 2.27. The van der Waals surface area contributed by atoms with Crippen molar-refractivity contribution < 1.29 is 4.79 Å². The zero-order valence-corrected chi connectivity index (χ0v) is 16.0. The summed E-state index contributed by atoms with van der Waals surface area (Å²) in [5.41, 5.74) is 1.82. The number of rotatable bonds is 4. The van der Waals surface area contributed by atoms with Crippen molar-refractivity contribution in [2.75, 3.05) is 18.9 Å². The van der Waals surface area contributed by atoms with E-state index in [9.17, 15) is 4.79 Å². The van der Waals surface area contributed by atoms with Gasteiger partial charge in [0.25, 0.3) is 5.95 Å². The quantitative estimate of drug-likeness (QED) is 0.654. The van der Waals surface area contributed by atoms with Gasteiger partial charge in [-0.1, -0.05) is 18.7 Å². The summed E-state index contributed by atoms with van der Waals surface area (Å²) >= 11 is 1.33. The first kappa shape index (κ1) is 17.8. The third kappa shape index (κ3) is 3.65. The maximum atomic E-state index is 12.6. The van der Waals surface area contributed by atoms with Gasteiger partial charge in [-0.15, -0.1) is 10.2 Å². The van der Waals surface area contributed by atoms with Gasteiger partial charge in [-0.3, -0.25) is 4.79 Å². The number of piperidine rings is 1. The number of amides is 1. The van der Waals surface area contributed by atoms with Gasteiger partial charge in [-0.25, -0.2) is 9.36 Å². The summed E-state index contributed by atoms with van der Waals surface area (Å²) in [5.74, 6) is 7.42. The molecule has 2 N–H and O–H groups in total. The Labute approximate surface area is 151 Å². The molecule has 0 bridgehead atoms. The van der Waals surface area contributed by atoms with Crippen molar-refractivity contribution in [2.24, 2.45) is 5.92 Å². The minimum Gasteiger partial charge on any atom is -0.342 e. The molecule has 1 aliphatic rings. The first-order chi connectivity index (χ1) is 11.9. The monoisotopic (exact) mass is 363 g/mol. The molecule has 0 spiro atoms. The highest BCUT2D eigenvalue weighted by Crippen LogP contribution is 2.25. The largest absolute Gasteiger partial charge is 0.342 e. The molecule has 1 unspecified atom stereocenters. The lowest BCUT2D eigenvalue weighted by atomic mass is 9.99. The van der Waals surface area contributed by atoms with Gasteiger partial charge < -0.3 is 10.7 Å². The van der Waals surface area contributed by atoms with Crippen LogP contribution in [0.15, 0.2) is 11.2 Å². The summed E-state index contributed by atoms with van der Waals surface area (Å²) in [6.07, 6.45) is 2.14. The van der Waals surface area contributed by atoms with E-state index >= 15 is 0 Å². The van der Waals surface area contributed by atoms with Gasteiger partial charge in [0.2, 0.25) is 11.1 Å². The van der Waals surface area contributed by atoms with Crippen LogP contribution in [0.25, 0.3) is 5.95 Å². The van der Waals surface area contributed by atoms with Crippen LogP contribution in [-0.4, -0.2) is 53.8 Å². The number of carbonyl (C=O) groups excluding carboxylic acids is 1. The van der Waals surface area contributed by atoms with Gasteiger partial charge in [-0.2, -0.15) is 5.10 Å². The number of hydrogen-bond donors (Lipinski definition) is 1. The summed E-state index contributed by atoms with van der Waals surface area (Å²) < 4.78 is 3.05. The number of aromatic nitrogens is 5. The van der Waals surface area contributed by atoms with Gasteiger partial charge in [0, 0.05) is 18.8 Å². The molecule has 1 saturated heterocycles. The van der Waals surface area contributed by atoms with Crippen molar-refractivity contribution in [2.45, 2.75) is 50.9 Å². The molecule has 0 aliphatic carbocycles. The Balaban J connectivity index is 1.71. The summed E-state index contributed by atoms with van der Waals surface area (Å²) in [6, 6.07) is 1.95. The predicted molar refractivity (Wildman–Crippen MR) is 97.1 cm³/mol. The maximum Gasteiger partial charge on any atom is 0.271 e. The molecule has 1 amide bonds. The van der Waals surface area contributed by atoms with E-state index in [-0.39, 0.29) is 11.2 Å². The van der Waals surface area contributed by atoms with E-state index in [0.717, 1.165) is 37.3 Å². The van der Waals surface area contributed by atoms with Gasteiger partial charge in [0.05, 0.1) is 10.9 Å². The topological polar surface area (TPSA) is 94.9 Å². The van der Waals surface area contributed by atoms with E-state index in [1.54, 1.807) is 4.68 Å². The number of thioether (sulfide) groups is 1. The number of nitrogens with zero attached hydrogens (tertiary/aromatic N) is 6. The number of hydrogen-bond acceptors (Lipinski definition) is 6. The average molecular weight is 363 g/mol. The second-order valence-corrected chi connectivity index (χ2v) is 8.07. The van der Waals surface area contributed by atoms with E-state index in [1.165, 1.54) is 16.4 Å². The summed E-state index contributed by atoms with van der Waals surface area (Å²) in [5, 5.41) is 12.9. The Kier molecular flexibility index (Phi) is 5.03. The van der Waals surface area contributed by atoms with E-state index in [1.807, 2.05) is 31.7 Å². The zero-order chi connectivity index (χ0) is 18.1. The maximum absolute atomic E-state index is 12.6. The van der Waals surface area contributed by atoms with Crippen LogP contribution < -0.4 is 5.84 Å². The summed E-state index contributed by atoms with van der Waals surface area (Å²) in [4.78, 5) is 14.6. The summed E-state index contributed by atoms with van der Waals surface area (Å²) in [7, 11) is 0. The van der Waals surface area contributed by atoms with Gasteiger partial charge in [0.1, 0.15) is 0 Å². The fraction of sp³-hybridized carbons (Fsp3) is 0.625. The molecule has 3 heterocycles. The minimum atomic E-state index is -0.256. The number of likely N-dealkylation sites (tertiary alicyclic amines) is 1. The first-order valence-electron chi connectivity index (χ1n) is 8.56. The average Bonchev–Trinajstić information content (AvgIpc) is 3.09. The van der Waals surface area contributed by atoms with E-state index in [4.69, 9.17) is 5.84 Å². The molecule has 1 aliphatic heterocycles. The summed E-state index contributed by atoms with van der Waals surface area (Å²) in [6.45, 7) is 9.64. The Morgan fingerprint density at radius 3 is 2.60 bits per heavy atom. The highest BCUT2D eigenvalue weighted by atomic mass is 32.2. The standard InChI is InChI=1S/C16H25N7OS/c1-10-5-7-21(8-6-10)14(24)13(4)25-16-19-18-15(22(16)17)23-12(3)9-11(2)20-23/h9-10,13H,5-8,17H2,1-4H3. The second-order valence-electron chi connectivity index (χ2n) is 6.76. The van der Waals surface area contributed by atoms with Crippen LogP contribution in [-0.2, 0) is 4.79 Å². The fourth-order valence-corrected chi connectivity index (χ4v) is 3.87. The normalized spacial score (nSPS) is 17.0. The SMILES string of the molecule is Cc1cc(C)n(-c2nnc(SC(C)C(=O)N3CCC(C)CC3)n2N)n1. The van der Waals surface area contributed by atoms with Gasteiger partial charge in [-0.05, 0) is 45.6 Å². The smallest absolute Gasteiger partial charge is 0.271 e. The van der Waals surface area contributed by atoms with Crippen LogP contribution in [0.4, 0.5) is 0 Å². The van der Waals surface area contributed by atoms with Crippen LogP contribution >= 0.6 is 11.8 Å². The van der Waals surface area contributed by atoms with E-state index in [2.05, 4.69) is 22.2 Å². The molecule has 8 nitrogen and oxygen atoms in total. The second kappa shape index (κ2) is 7.07. The Morgan fingerprint density at radius 2 is 2.00 bits per heavy atom. The van der Waals surface area contributed by atoms with Crippen LogP contribution in [0.3, 0.4) is 0 Å². The van der Waals surface area contributed by atoms with Crippen molar-refractivity contribution in [3.63, 3.8) is 0 Å². The van der Waals surface area contributed by atoms with Crippen molar-refractivity contribution in [3.8, 4) is 5.95 Å². The number of carbonyl (C=O) groups is 1. The lowest BCUT2D eigenvalue weighted by Crippen LogP contribution is -2.41. The van der Waals surface area contributed by atoms with Gasteiger partial charge in [0.15, 0.2) is 0 Å². The zero-order valence-electron chi connectivity index (χ0n) is 15.1. The molecular weight excluding hydrogens is 338 g/mol. The predicted octanol–water partition coefficient (Wildman–Crippen LogP) is 1.53. The first-order valence-corrected chi connectivity index (χ1v) is 9.44. The van der Waals surface area contributed by atoms with Crippen LogP contribution in [0, 0.1) is 19.8 Å². The van der Waals surface area contributed by atoms with Crippen molar-refractivity contribution in [1.82, 2.24) is 29.6 Å². The number of nitrogen functional groups attached to an aromatic ring is 1. The van der Waals surface area contributed by atoms with Crippen molar-refractivity contribution in [3.05, 3.63) is 17.5 Å². The molecule has 136 valence electrons. The lowest BCUT2D eigenvalue weighted by molar-refractivity contribution is -0.131. The third-order valence-corrected chi connectivity index (χ3v) is 5.62. The molecule has 25 heavy (non-hydrogen) atoms. The van der Waals surface area contributed by atoms with Crippen LogP contribution in [0.5, 0.6) is 0 Å². The van der Waals surface area contributed by atoms with Crippen LogP contribution in [0.2, 0.25) is 0 Å². The van der Waals surface area contributed by atoms with Crippen molar-refractivity contribution >= 4 is 17.7 Å². The molecule has 0 saturated carbocycles. The Hall–Kier alpha value is -2.03. The molecule has 2 aromatic heterocycles. The van der Waals surface area contributed by atoms with Crippen LogP contribution in [0.1, 0.15) is 38.1 Å². The van der Waals surface area contributed by atoms with Crippen molar-refractivity contribution in [1.29, 1.82) is 0 Å². The number of aryl methyl sites for hydroxylation is 2.